The molecule has 3 aromatic rings. The van der Waals surface area contributed by atoms with Gasteiger partial charge < -0.3 is 4.74 Å². The van der Waals surface area contributed by atoms with Crippen LogP contribution in [0.3, 0.4) is 0 Å². The lowest BCUT2D eigenvalue weighted by atomic mass is 9.88. The number of rotatable bonds is 3. The summed E-state index contributed by atoms with van der Waals surface area (Å²) in [7, 11) is 0. The van der Waals surface area contributed by atoms with E-state index >= 15 is 0 Å². The van der Waals surface area contributed by atoms with Gasteiger partial charge in [-0.15, -0.1) is 11.3 Å². The highest BCUT2D eigenvalue weighted by Crippen LogP contribution is 2.49. The lowest BCUT2D eigenvalue weighted by Gasteiger charge is -2.53. The first kappa shape index (κ1) is 18.9. The fourth-order valence-electron chi connectivity index (χ4n) is 4.45. The number of nitrogens with zero attached hydrogens (tertiary/aromatic N) is 2. The number of aryl methyl sites for hydroxylation is 1. The van der Waals surface area contributed by atoms with E-state index in [0.717, 1.165) is 23.2 Å². The Morgan fingerprint density at radius 1 is 1.17 bits per heavy atom. The number of hydrogen-bond donors (Lipinski definition) is 0. The second-order valence-corrected chi connectivity index (χ2v) is 8.78. The van der Waals surface area contributed by atoms with Crippen LogP contribution < -0.4 is 9.64 Å². The van der Waals surface area contributed by atoms with Gasteiger partial charge in [-0.3, -0.25) is 14.6 Å². The first-order chi connectivity index (χ1) is 14.5. The first-order valence-electron chi connectivity index (χ1n) is 10.1. The van der Waals surface area contributed by atoms with Gasteiger partial charge in [0, 0.05) is 17.7 Å². The van der Waals surface area contributed by atoms with Crippen LogP contribution in [0.2, 0.25) is 0 Å². The summed E-state index contributed by atoms with van der Waals surface area (Å²) in [5, 5.41) is 1.85. The zero-order chi connectivity index (χ0) is 20.9. The fraction of sp³-hybridized carbons (Fsp3) is 0.250. The Balaban J connectivity index is 1.68. The molecule has 1 saturated heterocycles. The van der Waals surface area contributed by atoms with Gasteiger partial charge in [-0.05, 0) is 48.6 Å². The molecule has 0 saturated carbocycles. The number of hydrogen-bond acceptors (Lipinski definition) is 4. The molecule has 1 fully saturated rings. The third-order valence-corrected chi connectivity index (χ3v) is 6.75. The molecule has 2 bridgehead atoms. The van der Waals surface area contributed by atoms with Crippen molar-refractivity contribution in [3.8, 4) is 5.75 Å². The molecular formula is C24H22N2O3S. The van der Waals surface area contributed by atoms with Gasteiger partial charge in [0.2, 0.25) is 0 Å². The number of carbonyl (C=O) groups is 2. The topological polar surface area (TPSA) is 49.9 Å². The van der Waals surface area contributed by atoms with E-state index in [1.54, 1.807) is 11.0 Å². The summed E-state index contributed by atoms with van der Waals surface area (Å²) in [5.74, 6) is 0.444. The molecule has 5 rings (SSSR count). The lowest BCUT2D eigenvalue weighted by molar-refractivity contribution is 0.00283. The quantitative estimate of drug-likeness (QED) is 0.554. The second-order valence-electron chi connectivity index (χ2n) is 7.83. The average Bonchev–Trinajstić information content (AvgIpc) is 3.28. The zero-order valence-corrected chi connectivity index (χ0v) is 17.7. The van der Waals surface area contributed by atoms with Crippen LogP contribution >= 0.6 is 11.3 Å². The fourth-order valence-corrected chi connectivity index (χ4v) is 5.11. The van der Waals surface area contributed by atoms with Gasteiger partial charge in [0.1, 0.15) is 5.75 Å². The van der Waals surface area contributed by atoms with Gasteiger partial charge in [-0.1, -0.05) is 43.3 Å². The Bertz CT molecular complexity index is 1130. The van der Waals surface area contributed by atoms with Crippen LogP contribution in [0.1, 0.15) is 47.1 Å². The molecule has 30 heavy (non-hydrogen) atoms. The monoisotopic (exact) mass is 418 g/mol. The van der Waals surface area contributed by atoms with Crippen LogP contribution in [0, 0.1) is 0 Å². The molecular weight excluding hydrogens is 396 g/mol. The Hall–Kier alpha value is -3.12. The van der Waals surface area contributed by atoms with E-state index in [-0.39, 0.29) is 18.0 Å². The molecule has 0 N–H and O–H groups in total. The van der Waals surface area contributed by atoms with E-state index in [2.05, 4.69) is 6.92 Å². The molecule has 5 nitrogen and oxygen atoms in total. The molecule has 1 aromatic heterocycles. The molecule has 6 heteroatoms. The zero-order valence-electron chi connectivity index (χ0n) is 16.9. The van der Waals surface area contributed by atoms with E-state index in [4.69, 9.17) is 4.74 Å². The van der Waals surface area contributed by atoms with Crippen LogP contribution in [-0.2, 0) is 6.42 Å². The van der Waals surface area contributed by atoms with E-state index in [1.807, 2.05) is 66.9 Å². The third kappa shape index (κ3) is 2.82. The molecule has 0 aliphatic carbocycles. The van der Waals surface area contributed by atoms with Gasteiger partial charge in [0.15, 0.2) is 5.72 Å². The number of thiophene rings is 1. The molecule has 2 aliphatic rings. The van der Waals surface area contributed by atoms with Gasteiger partial charge in [0.25, 0.3) is 5.91 Å². The molecule has 0 radical (unpaired) electrons. The number of fused-ring (bicyclic) bond motifs is 4. The minimum Gasteiger partial charge on any atom is -0.467 e. The second kappa shape index (κ2) is 6.99. The summed E-state index contributed by atoms with van der Waals surface area (Å²) in [6.45, 7) is 4.01. The Morgan fingerprint density at radius 2 is 2.00 bits per heavy atom. The van der Waals surface area contributed by atoms with E-state index in [9.17, 15) is 9.59 Å². The predicted octanol–water partition coefficient (Wildman–Crippen LogP) is 5.63. The van der Waals surface area contributed by atoms with Crippen molar-refractivity contribution in [3.05, 3.63) is 82.0 Å². The van der Waals surface area contributed by atoms with Crippen LogP contribution in [-0.4, -0.2) is 22.6 Å². The summed E-state index contributed by atoms with van der Waals surface area (Å²) < 4.78 is 6.39. The standard InChI is InChI=1S/C24H22N2O3S/c1-3-16-8-6-9-17(14-16)26-23(28)25(22(27)21-12-7-13-30-21)19-15-24(26,2)29-20-11-5-4-10-18(19)20/h4-14,19H,3,15H2,1-2H3/t19-,24+/m1/s1. The van der Waals surface area contributed by atoms with Crippen molar-refractivity contribution in [1.82, 2.24) is 4.90 Å². The highest BCUT2D eigenvalue weighted by atomic mass is 32.1. The Labute approximate surface area is 179 Å². The number of anilines is 1. The molecule has 152 valence electrons. The van der Waals surface area contributed by atoms with E-state index in [1.165, 1.54) is 16.2 Å². The van der Waals surface area contributed by atoms with Crippen molar-refractivity contribution in [2.75, 3.05) is 4.90 Å². The molecule has 2 aliphatic heterocycles. The van der Waals surface area contributed by atoms with Gasteiger partial charge in [-0.25, -0.2) is 4.79 Å². The average molecular weight is 419 g/mol. The van der Waals surface area contributed by atoms with Crippen LogP contribution in [0.25, 0.3) is 0 Å². The van der Waals surface area contributed by atoms with Crippen molar-refractivity contribution in [1.29, 1.82) is 0 Å². The highest BCUT2D eigenvalue weighted by molar-refractivity contribution is 7.12. The van der Waals surface area contributed by atoms with Crippen molar-refractivity contribution in [2.24, 2.45) is 0 Å². The summed E-state index contributed by atoms with van der Waals surface area (Å²) in [6.07, 6.45) is 1.36. The minimum absolute atomic E-state index is 0.268. The number of imide groups is 1. The number of benzene rings is 2. The number of amides is 3. The van der Waals surface area contributed by atoms with Gasteiger partial charge >= 0.3 is 6.03 Å². The Kier molecular flexibility index (Phi) is 4.40. The molecule has 3 heterocycles. The minimum atomic E-state index is -0.880. The largest absolute Gasteiger partial charge is 0.467 e. The number of ether oxygens (including phenoxy) is 1. The van der Waals surface area contributed by atoms with E-state index in [0.29, 0.717) is 17.0 Å². The molecule has 2 atom stereocenters. The summed E-state index contributed by atoms with van der Waals surface area (Å²) in [6, 6.07) is 18.4. The van der Waals surface area contributed by atoms with Crippen molar-refractivity contribution >= 4 is 29.0 Å². The van der Waals surface area contributed by atoms with E-state index < -0.39 is 5.72 Å². The number of urea groups is 1. The molecule has 0 unspecified atom stereocenters. The summed E-state index contributed by atoms with van der Waals surface area (Å²) in [4.78, 5) is 30.9. The van der Waals surface area contributed by atoms with Crippen molar-refractivity contribution in [3.63, 3.8) is 0 Å². The maximum Gasteiger partial charge on any atom is 0.335 e. The maximum absolute atomic E-state index is 13.8. The summed E-state index contributed by atoms with van der Waals surface area (Å²) in [5.41, 5.74) is 1.85. The Morgan fingerprint density at radius 3 is 2.77 bits per heavy atom. The SMILES string of the molecule is CCc1cccc(N2C(=O)N(C(=O)c3cccs3)[C@@H]3C[C@]2(C)Oc2ccccc23)c1. The smallest absolute Gasteiger partial charge is 0.335 e. The predicted molar refractivity (Wildman–Crippen MR) is 117 cm³/mol. The van der Waals surface area contributed by atoms with Crippen LogP contribution in [0.15, 0.2) is 66.0 Å². The number of carbonyl (C=O) groups excluding carboxylic acids is 2. The van der Waals surface area contributed by atoms with Crippen LogP contribution in [0.4, 0.5) is 10.5 Å². The highest BCUT2D eigenvalue weighted by Gasteiger charge is 2.55. The number of para-hydroxylation sites is 1. The van der Waals surface area contributed by atoms with Crippen LogP contribution in [0.5, 0.6) is 5.75 Å². The van der Waals surface area contributed by atoms with Gasteiger partial charge in [-0.2, -0.15) is 0 Å². The van der Waals surface area contributed by atoms with Gasteiger partial charge in [0.05, 0.1) is 10.9 Å². The van der Waals surface area contributed by atoms with Crippen molar-refractivity contribution in [2.45, 2.75) is 38.5 Å². The maximum atomic E-state index is 13.8. The summed E-state index contributed by atoms with van der Waals surface area (Å²) >= 11 is 1.35. The normalized spacial score (nSPS) is 22.5. The lowest BCUT2D eigenvalue weighted by Crippen LogP contribution is -2.67. The third-order valence-electron chi connectivity index (χ3n) is 5.89. The molecule has 2 aromatic carbocycles. The first-order valence-corrected chi connectivity index (χ1v) is 11.0. The molecule has 3 amide bonds. The van der Waals surface area contributed by atoms with Crippen molar-refractivity contribution < 1.29 is 14.3 Å². The molecule has 0 spiro atoms.